The van der Waals surface area contributed by atoms with E-state index in [1.165, 1.54) is 5.56 Å². The van der Waals surface area contributed by atoms with Gasteiger partial charge in [0.05, 0.1) is 6.10 Å². The van der Waals surface area contributed by atoms with Crippen molar-refractivity contribution >= 4 is 5.91 Å². The molecule has 1 fully saturated rings. The minimum absolute atomic E-state index is 0.155. The lowest BCUT2D eigenvalue weighted by Gasteiger charge is -2.16. The first-order valence-electron chi connectivity index (χ1n) is 7.43. The first-order valence-corrected chi connectivity index (χ1v) is 7.43. The summed E-state index contributed by atoms with van der Waals surface area (Å²) in [5.41, 5.74) is 6.76. The molecule has 4 nitrogen and oxygen atoms in total. The fraction of sp³-hybridized carbons (Fsp3) is 0.562. The number of carbonyl (C=O) groups is 1. The third-order valence-corrected chi connectivity index (χ3v) is 3.66. The minimum Gasteiger partial charge on any atom is -0.376 e. The number of hydrogen-bond donors (Lipinski definition) is 1. The van der Waals surface area contributed by atoms with Crippen LogP contribution in [0.5, 0.6) is 0 Å². The highest BCUT2D eigenvalue weighted by Crippen LogP contribution is 2.14. The molecule has 1 saturated heterocycles. The van der Waals surface area contributed by atoms with Crippen LogP contribution in [0.2, 0.25) is 0 Å². The number of aryl methyl sites for hydroxylation is 1. The summed E-state index contributed by atoms with van der Waals surface area (Å²) in [6.07, 6.45) is 3.66. The molecule has 4 heteroatoms. The molecule has 20 heavy (non-hydrogen) atoms. The van der Waals surface area contributed by atoms with Gasteiger partial charge in [-0.15, -0.1) is 0 Å². The molecular formula is C16H24N2O2. The monoisotopic (exact) mass is 276 g/mol. The van der Waals surface area contributed by atoms with E-state index in [1.54, 1.807) is 0 Å². The van der Waals surface area contributed by atoms with Gasteiger partial charge < -0.3 is 15.4 Å². The van der Waals surface area contributed by atoms with Gasteiger partial charge in [0, 0.05) is 32.7 Å². The van der Waals surface area contributed by atoms with Crippen molar-refractivity contribution < 1.29 is 9.53 Å². The number of ether oxygens (including phenoxy) is 1. The summed E-state index contributed by atoms with van der Waals surface area (Å²) in [7, 11) is 0. The molecule has 1 aromatic carbocycles. The number of amides is 1. The van der Waals surface area contributed by atoms with Gasteiger partial charge in [-0.1, -0.05) is 30.3 Å². The van der Waals surface area contributed by atoms with Crippen LogP contribution in [0.1, 0.15) is 24.8 Å². The predicted molar refractivity (Wildman–Crippen MR) is 79.4 cm³/mol. The van der Waals surface area contributed by atoms with Crippen LogP contribution in [0.15, 0.2) is 30.3 Å². The SMILES string of the molecule is NCCC(=O)N1CCC(OCCCc2ccccc2)C1. The fourth-order valence-corrected chi connectivity index (χ4v) is 2.54. The van der Waals surface area contributed by atoms with Crippen LogP contribution in [-0.2, 0) is 16.0 Å². The Kier molecular flexibility index (Phi) is 6.02. The van der Waals surface area contributed by atoms with Crippen molar-refractivity contribution in [3.63, 3.8) is 0 Å². The van der Waals surface area contributed by atoms with E-state index in [-0.39, 0.29) is 12.0 Å². The van der Waals surface area contributed by atoms with Crippen molar-refractivity contribution in [2.75, 3.05) is 26.2 Å². The highest BCUT2D eigenvalue weighted by molar-refractivity contribution is 5.76. The van der Waals surface area contributed by atoms with Crippen LogP contribution >= 0.6 is 0 Å². The summed E-state index contributed by atoms with van der Waals surface area (Å²) in [6.45, 7) is 2.72. The van der Waals surface area contributed by atoms with Crippen LogP contribution in [0.3, 0.4) is 0 Å². The molecular weight excluding hydrogens is 252 g/mol. The van der Waals surface area contributed by atoms with E-state index < -0.39 is 0 Å². The van der Waals surface area contributed by atoms with E-state index in [2.05, 4.69) is 24.3 Å². The maximum absolute atomic E-state index is 11.7. The molecule has 1 atom stereocenters. The van der Waals surface area contributed by atoms with Gasteiger partial charge in [0.15, 0.2) is 0 Å². The Morgan fingerprint density at radius 1 is 1.35 bits per heavy atom. The van der Waals surface area contributed by atoms with Crippen molar-refractivity contribution in [1.82, 2.24) is 4.90 Å². The van der Waals surface area contributed by atoms with Gasteiger partial charge in [0.25, 0.3) is 0 Å². The molecule has 0 aromatic heterocycles. The summed E-state index contributed by atoms with van der Waals surface area (Å²) < 4.78 is 5.86. The molecule has 0 radical (unpaired) electrons. The highest BCUT2D eigenvalue weighted by atomic mass is 16.5. The number of hydrogen-bond acceptors (Lipinski definition) is 3. The zero-order chi connectivity index (χ0) is 14.2. The number of carbonyl (C=O) groups excluding carboxylic acids is 1. The average molecular weight is 276 g/mol. The van der Waals surface area contributed by atoms with E-state index >= 15 is 0 Å². The number of nitrogens with two attached hydrogens (primary N) is 1. The Labute approximate surface area is 120 Å². The number of nitrogens with zero attached hydrogens (tertiary/aromatic N) is 1. The van der Waals surface area contributed by atoms with Crippen LogP contribution in [0.4, 0.5) is 0 Å². The van der Waals surface area contributed by atoms with Crippen molar-refractivity contribution in [2.24, 2.45) is 5.73 Å². The van der Waals surface area contributed by atoms with E-state index in [9.17, 15) is 4.79 Å². The van der Waals surface area contributed by atoms with Crippen molar-refractivity contribution in [1.29, 1.82) is 0 Å². The molecule has 0 spiro atoms. The van der Waals surface area contributed by atoms with E-state index in [1.807, 2.05) is 11.0 Å². The zero-order valence-electron chi connectivity index (χ0n) is 12.0. The smallest absolute Gasteiger partial charge is 0.223 e. The van der Waals surface area contributed by atoms with Crippen LogP contribution < -0.4 is 5.73 Å². The summed E-state index contributed by atoms with van der Waals surface area (Å²) >= 11 is 0. The summed E-state index contributed by atoms with van der Waals surface area (Å²) in [5, 5.41) is 0. The zero-order valence-corrected chi connectivity index (χ0v) is 12.0. The maximum Gasteiger partial charge on any atom is 0.223 e. The molecule has 110 valence electrons. The van der Waals surface area contributed by atoms with Gasteiger partial charge >= 0.3 is 0 Å². The van der Waals surface area contributed by atoms with Gasteiger partial charge in [-0.2, -0.15) is 0 Å². The van der Waals surface area contributed by atoms with E-state index in [4.69, 9.17) is 10.5 Å². The largest absolute Gasteiger partial charge is 0.376 e. The molecule has 1 unspecified atom stereocenters. The predicted octanol–water partition coefficient (Wildman–Crippen LogP) is 1.59. The molecule has 1 aromatic rings. The molecule has 2 N–H and O–H groups in total. The number of likely N-dealkylation sites (tertiary alicyclic amines) is 1. The second-order valence-corrected chi connectivity index (χ2v) is 5.25. The molecule has 0 saturated carbocycles. The lowest BCUT2D eigenvalue weighted by atomic mass is 10.1. The second-order valence-electron chi connectivity index (χ2n) is 5.25. The Morgan fingerprint density at radius 2 is 2.15 bits per heavy atom. The summed E-state index contributed by atoms with van der Waals surface area (Å²) in [6, 6.07) is 10.4. The fourth-order valence-electron chi connectivity index (χ4n) is 2.54. The molecule has 2 rings (SSSR count). The van der Waals surface area contributed by atoms with E-state index in [0.717, 1.165) is 39.0 Å². The van der Waals surface area contributed by atoms with Crippen LogP contribution in [0, 0.1) is 0 Å². The molecule has 1 heterocycles. The van der Waals surface area contributed by atoms with Gasteiger partial charge in [0.2, 0.25) is 5.91 Å². The number of benzene rings is 1. The van der Waals surface area contributed by atoms with Gasteiger partial charge in [-0.25, -0.2) is 0 Å². The van der Waals surface area contributed by atoms with Crippen LogP contribution in [-0.4, -0.2) is 43.2 Å². The van der Waals surface area contributed by atoms with Crippen LogP contribution in [0.25, 0.3) is 0 Å². The van der Waals surface area contributed by atoms with Gasteiger partial charge in [0.1, 0.15) is 0 Å². The summed E-state index contributed by atoms with van der Waals surface area (Å²) in [4.78, 5) is 13.6. The number of rotatable bonds is 7. The quantitative estimate of drug-likeness (QED) is 0.769. The van der Waals surface area contributed by atoms with Gasteiger partial charge in [-0.3, -0.25) is 4.79 Å². The van der Waals surface area contributed by atoms with Crippen molar-refractivity contribution in [3.05, 3.63) is 35.9 Å². The third kappa shape index (κ3) is 4.62. The lowest BCUT2D eigenvalue weighted by Crippen LogP contribution is -2.31. The Bertz CT molecular complexity index is 408. The molecule has 0 aliphatic carbocycles. The topological polar surface area (TPSA) is 55.6 Å². The normalized spacial score (nSPS) is 18.4. The second kappa shape index (κ2) is 8.02. The molecule has 0 bridgehead atoms. The first-order chi connectivity index (χ1) is 9.79. The third-order valence-electron chi connectivity index (χ3n) is 3.66. The molecule has 1 aliphatic heterocycles. The van der Waals surface area contributed by atoms with E-state index in [0.29, 0.717) is 13.0 Å². The highest BCUT2D eigenvalue weighted by Gasteiger charge is 2.25. The summed E-state index contributed by atoms with van der Waals surface area (Å²) in [5.74, 6) is 0.155. The minimum atomic E-state index is 0.155. The Morgan fingerprint density at radius 3 is 2.90 bits per heavy atom. The molecule has 1 amide bonds. The van der Waals surface area contributed by atoms with Crippen molar-refractivity contribution in [2.45, 2.75) is 31.8 Å². The lowest BCUT2D eigenvalue weighted by molar-refractivity contribution is -0.130. The van der Waals surface area contributed by atoms with Crippen molar-refractivity contribution in [3.8, 4) is 0 Å². The molecule has 1 aliphatic rings. The standard InChI is InChI=1S/C16H24N2O2/c17-10-8-16(19)18-11-9-15(13-18)20-12-4-7-14-5-2-1-3-6-14/h1-3,5-6,15H,4,7-13,17H2. The Balaban J connectivity index is 1.60. The first kappa shape index (κ1) is 15.0. The van der Waals surface area contributed by atoms with Gasteiger partial charge in [-0.05, 0) is 24.8 Å². The maximum atomic E-state index is 11.7. The average Bonchev–Trinajstić information content (AvgIpc) is 2.94. The Hall–Kier alpha value is -1.39.